The van der Waals surface area contributed by atoms with Gasteiger partial charge in [-0.1, -0.05) is 0 Å². The monoisotopic (exact) mass is 220 g/mol. The van der Waals surface area contributed by atoms with Gasteiger partial charge in [0.1, 0.15) is 18.0 Å². The minimum atomic E-state index is 0.452. The Morgan fingerprint density at radius 2 is 2.12 bits per heavy atom. The molecule has 1 heterocycles. The third-order valence-electron chi connectivity index (χ3n) is 3.14. The summed E-state index contributed by atoms with van der Waals surface area (Å²) in [6.07, 6.45) is 4.26. The highest BCUT2D eigenvalue weighted by molar-refractivity contribution is 5.56. The third kappa shape index (κ3) is 2.26. The van der Waals surface area contributed by atoms with Crippen molar-refractivity contribution in [2.75, 3.05) is 17.2 Å². The lowest BCUT2D eigenvalue weighted by Crippen LogP contribution is -2.34. The van der Waals surface area contributed by atoms with E-state index in [2.05, 4.69) is 28.7 Å². The second kappa shape index (κ2) is 4.28. The normalized spacial score (nSPS) is 15.5. The lowest BCUT2D eigenvalue weighted by atomic mass is 10.2. The van der Waals surface area contributed by atoms with Crippen LogP contribution in [0.1, 0.15) is 32.3 Å². The van der Waals surface area contributed by atoms with Gasteiger partial charge in [-0.25, -0.2) is 9.97 Å². The largest absolute Gasteiger partial charge is 0.383 e. The second-order valence-electron chi connectivity index (χ2n) is 4.90. The summed E-state index contributed by atoms with van der Waals surface area (Å²) >= 11 is 0. The van der Waals surface area contributed by atoms with E-state index in [1.165, 1.54) is 12.8 Å². The van der Waals surface area contributed by atoms with Crippen molar-refractivity contribution in [1.82, 2.24) is 9.97 Å². The molecule has 0 aromatic carbocycles. The Morgan fingerprint density at radius 1 is 1.44 bits per heavy atom. The van der Waals surface area contributed by atoms with Crippen molar-refractivity contribution < 1.29 is 0 Å². The minimum absolute atomic E-state index is 0.452. The molecule has 0 radical (unpaired) electrons. The fourth-order valence-electron chi connectivity index (χ4n) is 1.86. The van der Waals surface area contributed by atoms with Crippen molar-refractivity contribution >= 4 is 11.6 Å². The Labute approximate surface area is 96.9 Å². The Kier molecular flexibility index (Phi) is 2.99. The highest BCUT2D eigenvalue weighted by Gasteiger charge is 2.27. The first-order valence-electron chi connectivity index (χ1n) is 5.93. The number of rotatable bonds is 4. The number of hydrogen-bond acceptors (Lipinski definition) is 4. The predicted octanol–water partition coefficient (Wildman–Crippen LogP) is 1.99. The van der Waals surface area contributed by atoms with Gasteiger partial charge in [0.05, 0.1) is 0 Å². The Morgan fingerprint density at radius 3 is 2.69 bits per heavy atom. The number of anilines is 2. The Hall–Kier alpha value is -1.32. The van der Waals surface area contributed by atoms with Crippen LogP contribution in [-0.4, -0.2) is 22.6 Å². The summed E-state index contributed by atoms with van der Waals surface area (Å²) in [5.41, 5.74) is 6.82. The van der Waals surface area contributed by atoms with Crippen LogP contribution in [0.15, 0.2) is 6.33 Å². The molecule has 1 saturated carbocycles. The van der Waals surface area contributed by atoms with Crippen LogP contribution in [0.3, 0.4) is 0 Å². The maximum absolute atomic E-state index is 5.83. The molecule has 0 amide bonds. The topological polar surface area (TPSA) is 55.0 Å². The van der Waals surface area contributed by atoms with Crippen LogP contribution in [0.4, 0.5) is 11.6 Å². The molecule has 0 saturated heterocycles. The van der Waals surface area contributed by atoms with Crippen molar-refractivity contribution in [3.63, 3.8) is 0 Å². The first-order chi connectivity index (χ1) is 7.59. The van der Waals surface area contributed by atoms with E-state index in [1.54, 1.807) is 6.33 Å². The molecule has 1 aromatic heterocycles. The lowest BCUT2D eigenvalue weighted by Gasteiger charge is -2.29. The van der Waals surface area contributed by atoms with Crippen molar-refractivity contribution in [3.05, 3.63) is 11.9 Å². The van der Waals surface area contributed by atoms with Gasteiger partial charge in [-0.3, -0.25) is 0 Å². The van der Waals surface area contributed by atoms with Gasteiger partial charge < -0.3 is 10.6 Å². The Bertz CT molecular complexity index is 371. The van der Waals surface area contributed by atoms with Crippen molar-refractivity contribution in [1.29, 1.82) is 0 Å². The molecule has 1 aliphatic rings. The van der Waals surface area contributed by atoms with E-state index in [9.17, 15) is 0 Å². The molecular weight excluding hydrogens is 200 g/mol. The van der Waals surface area contributed by atoms with Crippen molar-refractivity contribution in [3.8, 4) is 0 Å². The van der Waals surface area contributed by atoms with Gasteiger partial charge >= 0.3 is 0 Å². The molecule has 0 atom stereocenters. The zero-order valence-corrected chi connectivity index (χ0v) is 10.3. The summed E-state index contributed by atoms with van der Waals surface area (Å²) in [6, 6.07) is 0.452. The van der Waals surface area contributed by atoms with Crippen LogP contribution >= 0.6 is 0 Å². The molecule has 16 heavy (non-hydrogen) atoms. The maximum atomic E-state index is 5.83. The average Bonchev–Trinajstić information content (AvgIpc) is 3.03. The molecule has 4 heteroatoms. The summed E-state index contributed by atoms with van der Waals surface area (Å²) < 4.78 is 0. The lowest BCUT2D eigenvalue weighted by molar-refractivity contribution is 0.634. The fraction of sp³-hybridized carbons (Fsp3) is 0.667. The third-order valence-corrected chi connectivity index (χ3v) is 3.14. The van der Waals surface area contributed by atoms with Crippen LogP contribution in [0.25, 0.3) is 0 Å². The number of nitrogens with two attached hydrogens (primary N) is 1. The molecule has 4 nitrogen and oxygen atoms in total. The van der Waals surface area contributed by atoms with Gasteiger partial charge in [-0.15, -0.1) is 0 Å². The van der Waals surface area contributed by atoms with E-state index in [4.69, 9.17) is 5.73 Å². The van der Waals surface area contributed by atoms with E-state index in [-0.39, 0.29) is 0 Å². The van der Waals surface area contributed by atoms with Gasteiger partial charge in [0.15, 0.2) is 0 Å². The zero-order valence-electron chi connectivity index (χ0n) is 10.3. The molecule has 2 N–H and O–H groups in total. The van der Waals surface area contributed by atoms with Crippen LogP contribution in [0.5, 0.6) is 0 Å². The minimum Gasteiger partial charge on any atom is -0.383 e. The highest BCUT2D eigenvalue weighted by Crippen LogP contribution is 2.33. The molecule has 0 unspecified atom stereocenters. The smallest absolute Gasteiger partial charge is 0.137 e. The zero-order chi connectivity index (χ0) is 11.7. The standard InChI is InChI=1S/C12H20N4/c1-8(2)16(6-10-4-5-10)12-9(3)11(13)14-7-15-12/h7-8,10H,4-6H2,1-3H3,(H2,13,14,15). The predicted molar refractivity (Wildman–Crippen MR) is 66.4 cm³/mol. The van der Waals surface area contributed by atoms with Gasteiger partial charge in [-0.05, 0) is 39.5 Å². The van der Waals surface area contributed by atoms with Crippen molar-refractivity contribution in [2.24, 2.45) is 5.92 Å². The Balaban J connectivity index is 2.26. The molecule has 0 spiro atoms. The first-order valence-corrected chi connectivity index (χ1v) is 5.93. The molecule has 1 aliphatic carbocycles. The van der Waals surface area contributed by atoms with Crippen LogP contribution in [0, 0.1) is 12.8 Å². The molecule has 1 aromatic rings. The molecular formula is C12H20N4. The quantitative estimate of drug-likeness (QED) is 0.843. The number of aromatic nitrogens is 2. The van der Waals surface area contributed by atoms with E-state index < -0.39 is 0 Å². The molecule has 2 rings (SSSR count). The highest BCUT2D eigenvalue weighted by atomic mass is 15.2. The van der Waals surface area contributed by atoms with E-state index >= 15 is 0 Å². The molecule has 1 fully saturated rings. The summed E-state index contributed by atoms with van der Waals surface area (Å²) in [7, 11) is 0. The SMILES string of the molecule is Cc1c(N)ncnc1N(CC1CC1)C(C)C. The number of nitrogens with zero attached hydrogens (tertiary/aromatic N) is 3. The summed E-state index contributed by atoms with van der Waals surface area (Å²) in [6.45, 7) is 7.47. The van der Waals surface area contributed by atoms with E-state index in [0.29, 0.717) is 11.9 Å². The fourth-order valence-corrected chi connectivity index (χ4v) is 1.86. The van der Waals surface area contributed by atoms with Crippen LogP contribution in [-0.2, 0) is 0 Å². The second-order valence-corrected chi connectivity index (χ2v) is 4.90. The van der Waals surface area contributed by atoms with E-state index in [1.807, 2.05) is 6.92 Å². The summed E-state index contributed by atoms with van der Waals surface area (Å²) in [5.74, 6) is 2.43. The molecule has 0 bridgehead atoms. The first kappa shape index (κ1) is 11.2. The van der Waals surface area contributed by atoms with Gasteiger partial charge in [-0.2, -0.15) is 0 Å². The average molecular weight is 220 g/mol. The van der Waals surface area contributed by atoms with Crippen LogP contribution < -0.4 is 10.6 Å². The van der Waals surface area contributed by atoms with Gasteiger partial charge in [0, 0.05) is 18.2 Å². The van der Waals surface area contributed by atoms with Gasteiger partial charge in [0.2, 0.25) is 0 Å². The summed E-state index contributed by atoms with van der Waals surface area (Å²) in [5, 5.41) is 0. The van der Waals surface area contributed by atoms with Crippen molar-refractivity contribution in [2.45, 2.75) is 39.7 Å². The molecule has 0 aliphatic heterocycles. The number of nitrogen functional groups attached to an aromatic ring is 1. The summed E-state index contributed by atoms with van der Waals surface area (Å²) in [4.78, 5) is 10.7. The van der Waals surface area contributed by atoms with Crippen LogP contribution in [0.2, 0.25) is 0 Å². The van der Waals surface area contributed by atoms with E-state index in [0.717, 1.165) is 23.8 Å². The maximum Gasteiger partial charge on any atom is 0.137 e. The van der Waals surface area contributed by atoms with Gasteiger partial charge in [0.25, 0.3) is 0 Å². The molecule has 88 valence electrons. The number of hydrogen-bond donors (Lipinski definition) is 1.